The molecule has 24 heavy (non-hydrogen) atoms. The van der Waals surface area contributed by atoms with Crippen molar-refractivity contribution in [1.82, 2.24) is 15.0 Å². The second kappa shape index (κ2) is 7.26. The number of amides is 1. The van der Waals surface area contributed by atoms with Gasteiger partial charge in [-0.1, -0.05) is 38.1 Å². The Labute approximate surface area is 142 Å². The van der Waals surface area contributed by atoms with Gasteiger partial charge in [-0.2, -0.15) is 10.2 Å². The number of carbonyl (C=O) groups is 1. The van der Waals surface area contributed by atoms with Crippen LogP contribution in [-0.4, -0.2) is 28.0 Å². The van der Waals surface area contributed by atoms with E-state index in [0.717, 1.165) is 5.56 Å². The van der Waals surface area contributed by atoms with Gasteiger partial charge in [-0.15, -0.1) is 0 Å². The first kappa shape index (κ1) is 17.7. The molecule has 0 radical (unpaired) electrons. The van der Waals surface area contributed by atoms with Gasteiger partial charge in [0.1, 0.15) is 0 Å². The number of carbonyl (C=O) groups excluding carboxylic acids is 1. The Kier molecular flexibility index (Phi) is 5.35. The highest BCUT2D eigenvalue weighted by atomic mass is 16.5. The molecule has 0 N–H and O–H groups in total. The first-order valence-corrected chi connectivity index (χ1v) is 7.85. The molecule has 0 bridgehead atoms. The molecule has 6 heteroatoms. The number of hydrogen-bond donors (Lipinski definition) is 0. The van der Waals surface area contributed by atoms with Crippen LogP contribution in [0.5, 0.6) is 0 Å². The second-order valence-corrected chi connectivity index (χ2v) is 6.82. The maximum absolute atomic E-state index is 12.2. The van der Waals surface area contributed by atoms with Crippen molar-refractivity contribution in [3.05, 3.63) is 47.1 Å². The zero-order valence-electron chi connectivity index (χ0n) is 14.5. The van der Waals surface area contributed by atoms with E-state index < -0.39 is 0 Å². The summed E-state index contributed by atoms with van der Waals surface area (Å²) in [6.07, 6.45) is 0.727. The summed E-state index contributed by atoms with van der Waals surface area (Å²) in [6.45, 7) is 6.49. The first-order valence-electron chi connectivity index (χ1n) is 7.85. The molecule has 0 spiro atoms. The van der Waals surface area contributed by atoms with Gasteiger partial charge in [0.05, 0.1) is 11.6 Å². The maximum Gasteiger partial charge on any atom is 0.227 e. The summed E-state index contributed by atoms with van der Waals surface area (Å²) in [5.74, 6) is 1.12. The predicted molar refractivity (Wildman–Crippen MR) is 89.0 cm³/mol. The summed E-state index contributed by atoms with van der Waals surface area (Å²) >= 11 is 0. The molecule has 0 saturated heterocycles. The fourth-order valence-electron chi connectivity index (χ4n) is 2.17. The topological polar surface area (TPSA) is 83.0 Å². The average molecular weight is 326 g/mol. The number of aromatic nitrogens is 2. The molecule has 0 aliphatic rings. The van der Waals surface area contributed by atoms with Crippen molar-refractivity contribution in [2.75, 3.05) is 7.05 Å². The second-order valence-electron chi connectivity index (χ2n) is 6.82. The van der Waals surface area contributed by atoms with E-state index in [-0.39, 0.29) is 11.3 Å². The molecular weight excluding hydrogens is 304 g/mol. The summed E-state index contributed by atoms with van der Waals surface area (Å²) in [5, 5.41) is 12.9. The first-order chi connectivity index (χ1) is 11.3. The van der Waals surface area contributed by atoms with Crippen molar-refractivity contribution < 1.29 is 9.32 Å². The van der Waals surface area contributed by atoms with Crippen LogP contribution in [0, 0.1) is 11.3 Å². The van der Waals surface area contributed by atoms with Crippen LogP contribution in [0.2, 0.25) is 0 Å². The molecule has 2 rings (SSSR count). The largest absolute Gasteiger partial charge is 0.341 e. The minimum atomic E-state index is -0.172. The van der Waals surface area contributed by atoms with Gasteiger partial charge in [0, 0.05) is 31.8 Å². The fraction of sp³-hybridized carbons (Fsp3) is 0.444. The molecule has 0 atom stereocenters. The Balaban J connectivity index is 1.90. The molecule has 0 aliphatic carbocycles. The molecule has 1 aromatic heterocycles. The van der Waals surface area contributed by atoms with E-state index in [4.69, 9.17) is 9.78 Å². The van der Waals surface area contributed by atoms with Crippen molar-refractivity contribution in [2.24, 2.45) is 0 Å². The molecule has 1 amide bonds. The maximum atomic E-state index is 12.2. The minimum Gasteiger partial charge on any atom is -0.341 e. The number of hydrogen-bond acceptors (Lipinski definition) is 5. The number of nitriles is 1. The standard InChI is InChI=1S/C18H22N4O2/c1-18(2,3)17-20-15(24-21-17)8-9-16(23)22(4)12-14-7-5-6-13(10-14)11-19/h5-7,10H,8-9,12H2,1-4H3. The van der Waals surface area contributed by atoms with Gasteiger partial charge in [0.15, 0.2) is 5.82 Å². The smallest absolute Gasteiger partial charge is 0.227 e. The van der Waals surface area contributed by atoms with Gasteiger partial charge in [0.2, 0.25) is 11.8 Å². The zero-order valence-corrected chi connectivity index (χ0v) is 14.5. The lowest BCUT2D eigenvalue weighted by Crippen LogP contribution is -2.26. The lowest BCUT2D eigenvalue weighted by Gasteiger charge is -2.17. The van der Waals surface area contributed by atoms with Crippen LogP contribution in [0.25, 0.3) is 0 Å². The van der Waals surface area contributed by atoms with Crippen LogP contribution < -0.4 is 0 Å². The van der Waals surface area contributed by atoms with Crippen molar-refractivity contribution in [2.45, 2.75) is 45.6 Å². The van der Waals surface area contributed by atoms with Crippen molar-refractivity contribution in [1.29, 1.82) is 5.26 Å². The normalized spacial score (nSPS) is 11.1. The van der Waals surface area contributed by atoms with E-state index in [2.05, 4.69) is 16.2 Å². The third-order valence-electron chi connectivity index (χ3n) is 3.59. The van der Waals surface area contributed by atoms with Crippen LogP contribution in [0.15, 0.2) is 28.8 Å². The van der Waals surface area contributed by atoms with Gasteiger partial charge in [-0.05, 0) is 17.7 Å². The van der Waals surface area contributed by atoms with E-state index in [0.29, 0.717) is 36.7 Å². The van der Waals surface area contributed by atoms with Crippen LogP contribution in [-0.2, 0) is 23.2 Å². The van der Waals surface area contributed by atoms with E-state index in [1.165, 1.54) is 0 Å². The van der Waals surface area contributed by atoms with Gasteiger partial charge >= 0.3 is 0 Å². The molecular formula is C18H22N4O2. The Hall–Kier alpha value is -2.68. The summed E-state index contributed by atoms with van der Waals surface area (Å²) in [5.41, 5.74) is 1.35. The van der Waals surface area contributed by atoms with E-state index >= 15 is 0 Å². The van der Waals surface area contributed by atoms with Crippen molar-refractivity contribution in [3.8, 4) is 6.07 Å². The lowest BCUT2D eigenvalue weighted by atomic mass is 9.96. The number of nitrogens with zero attached hydrogens (tertiary/aromatic N) is 4. The molecule has 0 unspecified atom stereocenters. The lowest BCUT2D eigenvalue weighted by molar-refractivity contribution is -0.130. The average Bonchev–Trinajstić information content (AvgIpc) is 3.02. The third-order valence-corrected chi connectivity index (χ3v) is 3.59. The Morgan fingerprint density at radius 1 is 1.38 bits per heavy atom. The van der Waals surface area contributed by atoms with E-state index in [1.54, 1.807) is 24.1 Å². The number of benzene rings is 1. The summed E-state index contributed by atoms with van der Waals surface area (Å²) in [4.78, 5) is 18.2. The quantitative estimate of drug-likeness (QED) is 0.843. The predicted octanol–water partition coefficient (Wildman–Crippen LogP) is 2.83. The van der Waals surface area contributed by atoms with Gasteiger partial charge in [-0.25, -0.2) is 0 Å². The fourth-order valence-corrected chi connectivity index (χ4v) is 2.17. The Morgan fingerprint density at radius 3 is 2.75 bits per heavy atom. The van der Waals surface area contributed by atoms with Crippen molar-refractivity contribution in [3.63, 3.8) is 0 Å². The molecule has 0 fully saturated rings. The Bertz CT molecular complexity index is 753. The summed E-state index contributed by atoms with van der Waals surface area (Å²) in [6, 6.07) is 9.35. The molecule has 0 saturated carbocycles. The zero-order chi connectivity index (χ0) is 17.7. The van der Waals surface area contributed by atoms with E-state index in [1.807, 2.05) is 32.9 Å². The molecule has 2 aromatic rings. The summed E-state index contributed by atoms with van der Waals surface area (Å²) < 4.78 is 5.20. The molecule has 1 aromatic carbocycles. The highest BCUT2D eigenvalue weighted by Gasteiger charge is 2.21. The van der Waals surface area contributed by atoms with Crippen molar-refractivity contribution >= 4 is 5.91 Å². The minimum absolute atomic E-state index is 0.00660. The molecule has 126 valence electrons. The molecule has 1 heterocycles. The number of rotatable bonds is 5. The van der Waals surface area contributed by atoms with Gasteiger partial charge in [0.25, 0.3) is 0 Å². The van der Waals surface area contributed by atoms with Gasteiger partial charge in [-0.3, -0.25) is 4.79 Å². The summed E-state index contributed by atoms with van der Waals surface area (Å²) in [7, 11) is 1.75. The molecule has 0 aliphatic heterocycles. The highest BCUT2D eigenvalue weighted by molar-refractivity contribution is 5.76. The van der Waals surface area contributed by atoms with Crippen LogP contribution in [0.1, 0.15) is 50.0 Å². The highest BCUT2D eigenvalue weighted by Crippen LogP contribution is 2.19. The third kappa shape index (κ3) is 4.66. The number of aryl methyl sites for hydroxylation is 1. The van der Waals surface area contributed by atoms with Crippen LogP contribution >= 0.6 is 0 Å². The Morgan fingerprint density at radius 2 is 2.12 bits per heavy atom. The van der Waals surface area contributed by atoms with Crippen LogP contribution in [0.4, 0.5) is 0 Å². The molecule has 6 nitrogen and oxygen atoms in total. The van der Waals surface area contributed by atoms with E-state index in [9.17, 15) is 4.79 Å². The monoisotopic (exact) mass is 326 g/mol. The van der Waals surface area contributed by atoms with Crippen LogP contribution in [0.3, 0.4) is 0 Å². The van der Waals surface area contributed by atoms with Gasteiger partial charge < -0.3 is 9.42 Å². The SMILES string of the molecule is CN(Cc1cccc(C#N)c1)C(=O)CCc1nc(C(C)(C)C)no1.